The van der Waals surface area contributed by atoms with E-state index in [1.165, 1.54) is 0 Å². The molecule has 1 amide bonds. The first-order chi connectivity index (χ1) is 10.3. The molecule has 0 bridgehead atoms. The third-order valence-electron chi connectivity index (χ3n) is 4.03. The van der Waals surface area contributed by atoms with Crippen molar-refractivity contribution in [3.05, 3.63) is 37.8 Å². The Balaban J connectivity index is 2.28. The zero-order chi connectivity index (χ0) is 16.4. The van der Waals surface area contributed by atoms with Gasteiger partial charge in [0, 0.05) is 18.2 Å². The highest BCUT2D eigenvalue weighted by Gasteiger charge is 2.29. The van der Waals surface area contributed by atoms with Crippen LogP contribution in [0.3, 0.4) is 0 Å². The summed E-state index contributed by atoms with van der Waals surface area (Å²) in [5, 5.41) is 10.6. The molecule has 0 N–H and O–H groups in total. The SMILES string of the molecule is C[C@@H]1CCC[C@H](C)N1C(=O)Cn1cc([N+](=O)[O-])cc(Cl)c1=O. The normalized spacial score (nSPS) is 21.7. The van der Waals surface area contributed by atoms with Crippen molar-refractivity contribution < 1.29 is 9.72 Å². The molecule has 1 fully saturated rings. The molecule has 22 heavy (non-hydrogen) atoms. The van der Waals surface area contributed by atoms with Gasteiger partial charge in [0.2, 0.25) is 5.91 Å². The average molecular weight is 328 g/mol. The molecule has 1 aliphatic rings. The number of hydrogen-bond donors (Lipinski definition) is 0. The lowest BCUT2D eigenvalue weighted by Gasteiger charge is -2.39. The summed E-state index contributed by atoms with van der Waals surface area (Å²) < 4.78 is 1.01. The van der Waals surface area contributed by atoms with Crippen LogP contribution in [0.2, 0.25) is 5.02 Å². The van der Waals surface area contributed by atoms with E-state index in [9.17, 15) is 19.7 Å². The number of carbonyl (C=O) groups excluding carboxylic acids is 1. The minimum Gasteiger partial charge on any atom is -0.336 e. The summed E-state index contributed by atoms with van der Waals surface area (Å²) in [6, 6.07) is 1.19. The van der Waals surface area contributed by atoms with Crippen LogP contribution in [0.15, 0.2) is 17.1 Å². The number of aromatic nitrogens is 1. The number of amides is 1. The second-order valence-corrected chi connectivity index (χ2v) is 6.07. The summed E-state index contributed by atoms with van der Waals surface area (Å²) >= 11 is 5.73. The Kier molecular flexibility index (Phi) is 4.85. The smallest absolute Gasteiger partial charge is 0.287 e. The predicted molar refractivity (Wildman–Crippen MR) is 82.0 cm³/mol. The highest BCUT2D eigenvalue weighted by atomic mass is 35.5. The van der Waals surface area contributed by atoms with E-state index in [1.807, 2.05) is 13.8 Å². The molecule has 0 spiro atoms. The van der Waals surface area contributed by atoms with E-state index < -0.39 is 10.5 Å². The molecule has 0 saturated carbocycles. The lowest BCUT2D eigenvalue weighted by molar-refractivity contribution is -0.385. The molecular weight excluding hydrogens is 310 g/mol. The van der Waals surface area contributed by atoms with Gasteiger partial charge in [-0.1, -0.05) is 11.6 Å². The Bertz CT molecular complexity index is 648. The minimum atomic E-state index is -0.640. The Morgan fingerprint density at radius 1 is 1.41 bits per heavy atom. The lowest BCUT2D eigenvalue weighted by Crippen LogP contribution is -2.49. The van der Waals surface area contributed by atoms with Gasteiger partial charge in [0.05, 0.1) is 11.1 Å². The number of rotatable bonds is 3. The molecule has 0 aliphatic carbocycles. The van der Waals surface area contributed by atoms with Gasteiger partial charge in [0.15, 0.2) is 0 Å². The van der Waals surface area contributed by atoms with Crippen molar-refractivity contribution in [2.75, 3.05) is 0 Å². The van der Waals surface area contributed by atoms with E-state index in [2.05, 4.69) is 0 Å². The van der Waals surface area contributed by atoms with Crippen LogP contribution in [0.1, 0.15) is 33.1 Å². The van der Waals surface area contributed by atoms with Gasteiger partial charge in [-0.25, -0.2) is 0 Å². The summed E-state index contributed by atoms with van der Waals surface area (Å²) in [6.45, 7) is 3.70. The number of halogens is 1. The van der Waals surface area contributed by atoms with Gasteiger partial charge in [-0.15, -0.1) is 0 Å². The van der Waals surface area contributed by atoms with Crippen LogP contribution in [0.5, 0.6) is 0 Å². The Morgan fingerprint density at radius 3 is 2.55 bits per heavy atom. The first-order valence-electron chi connectivity index (χ1n) is 7.16. The van der Waals surface area contributed by atoms with Gasteiger partial charge in [-0.2, -0.15) is 0 Å². The number of carbonyl (C=O) groups is 1. The van der Waals surface area contributed by atoms with Crippen LogP contribution in [0, 0.1) is 10.1 Å². The van der Waals surface area contributed by atoms with Crippen molar-refractivity contribution in [1.29, 1.82) is 0 Å². The standard InChI is InChI=1S/C14H18ClN3O4/c1-9-4-3-5-10(2)17(9)13(19)8-16-7-11(18(21)22)6-12(15)14(16)20/h6-7,9-10H,3-5,8H2,1-2H3/t9-,10+. The number of nitro groups is 1. The summed E-state index contributed by atoms with van der Waals surface area (Å²) in [5.41, 5.74) is -0.907. The molecule has 2 rings (SSSR count). The molecule has 7 nitrogen and oxygen atoms in total. The van der Waals surface area contributed by atoms with Gasteiger partial charge < -0.3 is 4.90 Å². The fourth-order valence-electron chi connectivity index (χ4n) is 2.94. The summed E-state index contributed by atoms with van der Waals surface area (Å²) in [6.07, 6.45) is 3.96. The van der Waals surface area contributed by atoms with Gasteiger partial charge in [0.1, 0.15) is 11.6 Å². The summed E-state index contributed by atoms with van der Waals surface area (Å²) in [5.74, 6) is -0.224. The number of nitrogens with zero attached hydrogens (tertiary/aromatic N) is 3. The zero-order valence-electron chi connectivity index (χ0n) is 12.5. The molecule has 2 heterocycles. The quantitative estimate of drug-likeness (QED) is 0.629. The largest absolute Gasteiger partial charge is 0.336 e. The maximum absolute atomic E-state index is 12.5. The van der Waals surface area contributed by atoms with Crippen LogP contribution in [-0.2, 0) is 11.3 Å². The van der Waals surface area contributed by atoms with E-state index >= 15 is 0 Å². The fourth-order valence-corrected chi connectivity index (χ4v) is 3.16. The van der Waals surface area contributed by atoms with Crippen LogP contribution in [-0.4, -0.2) is 32.4 Å². The van der Waals surface area contributed by atoms with E-state index in [1.54, 1.807) is 4.90 Å². The monoisotopic (exact) mass is 327 g/mol. The van der Waals surface area contributed by atoms with E-state index in [-0.39, 0.29) is 35.2 Å². The van der Waals surface area contributed by atoms with Crippen molar-refractivity contribution in [3.63, 3.8) is 0 Å². The van der Waals surface area contributed by atoms with Gasteiger partial charge in [0.25, 0.3) is 11.2 Å². The third kappa shape index (κ3) is 3.30. The average Bonchev–Trinajstić information content (AvgIpc) is 2.43. The van der Waals surface area contributed by atoms with Crippen LogP contribution >= 0.6 is 11.6 Å². The molecule has 120 valence electrons. The highest BCUT2D eigenvalue weighted by molar-refractivity contribution is 6.30. The summed E-state index contributed by atoms with van der Waals surface area (Å²) in [7, 11) is 0. The predicted octanol–water partition coefficient (Wildman–Crippen LogP) is 2.20. The van der Waals surface area contributed by atoms with E-state index in [4.69, 9.17) is 11.6 Å². The Morgan fingerprint density at radius 2 is 2.00 bits per heavy atom. The maximum Gasteiger partial charge on any atom is 0.287 e. The van der Waals surface area contributed by atoms with Crippen molar-refractivity contribution in [2.24, 2.45) is 0 Å². The fraction of sp³-hybridized carbons (Fsp3) is 0.571. The first-order valence-corrected chi connectivity index (χ1v) is 7.54. The topological polar surface area (TPSA) is 85.4 Å². The maximum atomic E-state index is 12.5. The number of hydrogen-bond acceptors (Lipinski definition) is 4. The van der Waals surface area contributed by atoms with Crippen molar-refractivity contribution in [3.8, 4) is 0 Å². The molecule has 2 atom stereocenters. The van der Waals surface area contributed by atoms with Gasteiger partial charge >= 0.3 is 0 Å². The number of pyridine rings is 1. The molecule has 1 aromatic rings. The Hall–Kier alpha value is -1.89. The number of piperidine rings is 1. The van der Waals surface area contributed by atoms with Crippen LogP contribution < -0.4 is 5.56 Å². The molecule has 0 radical (unpaired) electrons. The third-order valence-corrected chi connectivity index (χ3v) is 4.30. The molecule has 0 unspecified atom stereocenters. The summed E-state index contributed by atoms with van der Waals surface area (Å²) in [4.78, 5) is 36.4. The van der Waals surface area contributed by atoms with Crippen molar-refractivity contribution in [2.45, 2.75) is 51.7 Å². The lowest BCUT2D eigenvalue weighted by atomic mass is 9.97. The molecule has 1 aromatic heterocycles. The molecule has 1 saturated heterocycles. The molecular formula is C14H18ClN3O4. The highest BCUT2D eigenvalue weighted by Crippen LogP contribution is 2.23. The van der Waals surface area contributed by atoms with Crippen molar-refractivity contribution in [1.82, 2.24) is 9.47 Å². The van der Waals surface area contributed by atoms with Crippen LogP contribution in [0.25, 0.3) is 0 Å². The van der Waals surface area contributed by atoms with Gasteiger partial charge in [-0.05, 0) is 33.1 Å². The second kappa shape index (κ2) is 6.48. The molecule has 1 aliphatic heterocycles. The van der Waals surface area contributed by atoms with Gasteiger partial charge in [-0.3, -0.25) is 24.3 Å². The minimum absolute atomic E-state index is 0.0983. The first kappa shape index (κ1) is 16.5. The molecule has 8 heteroatoms. The van der Waals surface area contributed by atoms with Crippen LogP contribution in [0.4, 0.5) is 5.69 Å². The molecule has 0 aromatic carbocycles. The Labute approximate surface area is 132 Å². The second-order valence-electron chi connectivity index (χ2n) is 5.67. The van der Waals surface area contributed by atoms with E-state index in [0.717, 1.165) is 36.1 Å². The van der Waals surface area contributed by atoms with Crippen molar-refractivity contribution >= 4 is 23.2 Å². The number of likely N-dealkylation sites (tertiary alicyclic amines) is 1. The zero-order valence-corrected chi connectivity index (χ0v) is 13.2. The van der Waals surface area contributed by atoms with E-state index in [0.29, 0.717) is 0 Å².